The molecule has 1 atom stereocenters. The maximum atomic E-state index is 13.8. The number of carboxylic acid groups (broad SMARTS) is 1. The average molecular weight is 333 g/mol. The predicted molar refractivity (Wildman–Crippen MR) is 78.8 cm³/mol. The highest BCUT2D eigenvalue weighted by atomic mass is 32.2. The Balaban J connectivity index is 2.51. The van der Waals surface area contributed by atoms with Gasteiger partial charge in [-0.2, -0.15) is 16.1 Å². The van der Waals surface area contributed by atoms with Gasteiger partial charge in [0.1, 0.15) is 5.82 Å². The van der Waals surface area contributed by atoms with Crippen LogP contribution in [0, 0.1) is 12.7 Å². The van der Waals surface area contributed by atoms with E-state index < -0.39 is 21.8 Å². The van der Waals surface area contributed by atoms with Crippen LogP contribution in [0.2, 0.25) is 0 Å². The summed E-state index contributed by atoms with van der Waals surface area (Å²) in [5.74, 6) is -1.51. The number of carboxylic acids is 1. The van der Waals surface area contributed by atoms with Crippen molar-refractivity contribution in [2.24, 2.45) is 0 Å². The fourth-order valence-electron chi connectivity index (χ4n) is 2.19. The van der Waals surface area contributed by atoms with Gasteiger partial charge in [-0.15, -0.1) is 0 Å². The van der Waals surface area contributed by atoms with Gasteiger partial charge < -0.3 is 5.11 Å². The molecular formula is C13H16FNO4S2. The van der Waals surface area contributed by atoms with Crippen molar-refractivity contribution in [3.63, 3.8) is 0 Å². The van der Waals surface area contributed by atoms with Gasteiger partial charge >= 0.3 is 5.97 Å². The average Bonchev–Trinajstić information content (AvgIpc) is 2.41. The van der Waals surface area contributed by atoms with Gasteiger partial charge in [-0.1, -0.05) is 6.92 Å². The van der Waals surface area contributed by atoms with Crippen molar-refractivity contribution in [2.75, 3.05) is 18.8 Å². The highest BCUT2D eigenvalue weighted by Gasteiger charge is 2.31. The predicted octanol–water partition coefficient (Wildman–Crippen LogP) is 1.96. The van der Waals surface area contributed by atoms with E-state index in [1.807, 2.05) is 6.92 Å². The smallest absolute Gasteiger partial charge is 0.335 e. The summed E-state index contributed by atoms with van der Waals surface area (Å²) < 4.78 is 40.4. The molecule has 1 aliphatic rings. The highest BCUT2D eigenvalue weighted by molar-refractivity contribution is 8.00. The minimum Gasteiger partial charge on any atom is -0.478 e. The molecule has 0 bridgehead atoms. The molecule has 0 spiro atoms. The molecule has 116 valence electrons. The molecule has 1 aliphatic heterocycles. The Morgan fingerprint density at radius 2 is 2.14 bits per heavy atom. The van der Waals surface area contributed by atoms with Gasteiger partial charge in [0.2, 0.25) is 10.0 Å². The van der Waals surface area contributed by atoms with Crippen molar-refractivity contribution >= 4 is 27.8 Å². The van der Waals surface area contributed by atoms with Gasteiger partial charge in [0.25, 0.3) is 0 Å². The van der Waals surface area contributed by atoms with Crippen molar-refractivity contribution in [2.45, 2.75) is 24.0 Å². The molecule has 5 nitrogen and oxygen atoms in total. The zero-order chi connectivity index (χ0) is 15.8. The molecule has 0 radical (unpaired) electrons. The first-order valence-corrected chi connectivity index (χ1v) is 8.87. The quantitative estimate of drug-likeness (QED) is 0.915. The molecule has 1 heterocycles. The van der Waals surface area contributed by atoms with E-state index in [1.165, 1.54) is 11.2 Å². The lowest BCUT2D eigenvalue weighted by molar-refractivity contribution is 0.0696. The number of hydrogen-bond acceptors (Lipinski definition) is 4. The maximum Gasteiger partial charge on any atom is 0.335 e. The molecule has 21 heavy (non-hydrogen) atoms. The minimum atomic E-state index is -3.89. The SMILES string of the molecule is Cc1c(F)cc(C(=O)O)cc1S(=O)(=O)N1CCSC(C)C1. The van der Waals surface area contributed by atoms with Crippen molar-refractivity contribution in [1.82, 2.24) is 4.31 Å². The number of benzene rings is 1. The van der Waals surface area contributed by atoms with Crippen LogP contribution < -0.4 is 0 Å². The van der Waals surface area contributed by atoms with E-state index in [4.69, 9.17) is 5.11 Å². The van der Waals surface area contributed by atoms with Gasteiger partial charge in [0.05, 0.1) is 10.5 Å². The zero-order valence-electron chi connectivity index (χ0n) is 11.7. The van der Waals surface area contributed by atoms with E-state index in [2.05, 4.69) is 0 Å². The highest BCUT2D eigenvalue weighted by Crippen LogP contribution is 2.28. The molecule has 1 aromatic rings. The van der Waals surface area contributed by atoms with Gasteiger partial charge in [-0.3, -0.25) is 0 Å². The summed E-state index contributed by atoms with van der Waals surface area (Å²) in [4.78, 5) is 10.7. The molecule has 0 aromatic heterocycles. The fourth-order valence-corrected chi connectivity index (χ4v) is 5.20. The lowest BCUT2D eigenvalue weighted by Gasteiger charge is -2.30. The van der Waals surface area contributed by atoms with Crippen LogP contribution in [0.15, 0.2) is 17.0 Å². The van der Waals surface area contributed by atoms with Crippen molar-refractivity contribution in [3.8, 4) is 0 Å². The number of rotatable bonds is 3. The summed E-state index contributed by atoms with van der Waals surface area (Å²) in [6, 6.07) is 1.87. The summed E-state index contributed by atoms with van der Waals surface area (Å²) in [5.41, 5.74) is -0.415. The van der Waals surface area contributed by atoms with Gasteiger partial charge in [-0.05, 0) is 19.1 Å². The van der Waals surface area contributed by atoms with Gasteiger partial charge in [-0.25, -0.2) is 17.6 Å². The van der Waals surface area contributed by atoms with E-state index in [9.17, 15) is 17.6 Å². The van der Waals surface area contributed by atoms with E-state index in [0.29, 0.717) is 18.8 Å². The number of nitrogens with zero attached hydrogens (tertiary/aromatic N) is 1. The molecule has 2 rings (SSSR count). The Kier molecular flexibility index (Phi) is 4.60. The van der Waals surface area contributed by atoms with Gasteiger partial charge in [0, 0.05) is 29.7 Å². The minimum absolute atomic E-state index is 0.0501. The van der Waals surface area contributed by atoms with Crippen LogP contribution in [0.25, 0.3) is 0 Å². The second-order valence-corrected chi connectivity index (χ2v) is 8.38. The fraction of sp³-hybridized carbons (Fsp3) is 0.462. The summed E-state index contributed by atoms with van der Waals surface area (Å²) in [6.45, 7) is 3.95. The number of halogens is 1. The van der Waals surface area contributed by atoms with Crippen LogP contribution in [0.3, 0.4) is 0 Å². The second kappa shape index (κ2) is 5.94. The standard InChI is InChI=1S/C13H16FNO4S2/c1-8-7-15(3-4-20-8)21(18,19)12-6-10(13(16)17)5-11(14)9(12)2/h5-6,8H,3-4,7H2,1-2H3,(H,16,17). The maximum absolute atomic E-state index is 13.8. The molecule has 1 aromatic carbocycles. The lowest BCUT2D eigenvalue weighted by Crippen LogP contribution is -2.41. The molecule has 0 aliphatic carbocycles. The zero-order valence-corrected chi connectivity index (χ0v) is 13.3. The Hall–Kier alpha value is -1.12. The number of sulfonamides is 1. The number of aromatic carboxylic acids is 1. The molecule has 0 saturated carbocycles. The Morgan fingerprint density at radius 3 is 2.71 bits per heavy atom. The molecular weight excluding hydrogens is 317 g/mol. The summed E-state index contributed by atoms with van der Waals surface area (Å²) in [6.07, 6.45) is 0. The summed E-state index contributed by atoms with van der Waals surface area (Å²) >= 11 is 1.67. The number of hydrogen-bond donors (Lipinski definition) is 1. The van der Waals surface area contributed by atoms with Crippen LogP contribution in [0.5, 0.6) is 0 Å². The Bertz CT molecular complexity index is 675. The third kappa shape index (κ3) is 3.22. The summed E-state index contributed by atoms with van der Waals surface area (Å²) in [7, 11) is -3.89. The van der Waals surface area contributed by atoms with E-state index >= 15 is 0 Å². The van der Waals surface area contributed by atoms with Crippen molar-refractivity contribution in [1.29, 1.82) is 0 Å². The normalized spacial score (nSPS) is 20.4. The second-order valence-electron chi connectivity index (χ2n) is 4.93. The lowest BCUT2D eigenvalue weighted by atomic mass is 10.1. The van der Waals surface area contributed by atoms with Crippen LogP contribution in [0.1, 0.15) is 22.8 Å². The molecule has 8 heteroatoms. The van der Waals surface area contributed by atoms with E-state index in [-0.39, 0.29) is 21.3 Å². The van der Waals surface area contributed by atoms with Crippen LogP contribution >= 0.6 is 11.8 Å². The first kappa shape index (κ1) is 16.3. The largest absolute Gasteiger partial charge is 0.478 e. The van der Waals surface area contributed by atoms with Crippen molar-refractivity contribution in [3.05, 3.63) is 29.1 Å². The van der Waals surface area contributed by atoms with E-state index in [0.717, 1.165) is 12.1 Å². The van der Waals surface area contributed by atoms with Crippen molar-refractivity contribution < 1.29 is 22.7 Å². The number of carbonyl (C=O) groups is 1. The first-order valence-electron chi connectivity index (χ1n) is 6.38. The molecule has 1 fully saturated rings. The Morgan fingerprint density at radius 1 is 1.48 bits per heavy atom. The van der Waals surface area contributed by atoms with E-state index in [1.54, 1.807) is 11.8 Å². The van der Waals surface area contributed by atoms with Crippen LogP contribution in [-0.2, 0) is 10.0 Å². The third-order valence-electron chi connectivity index (χ3n) is 3.37. The number of thioether (sulfide) groups is 1. The van der Waals surface area contributed by atoms with Crippen LogP contribution in [-0.4, -0.2) is 47.9 Å². The molecule has 1 saturated heterocycles. The molecule has 1 unspecified atom stereocenters. The third-order valence-corrected chi connectivity index (χ3v) is 6.49. The topological polar surface area (TPSA) is 74.7 Å². The Labute approximate surface area is 127 Å². The first-order chi connectivity index (χ1) is 9.73. The van der Waals surface area contributed by atoms with Crippen LogP contribution in [0.4, 0.5) is 4.39 Å². The van der Waals surface area contributed by atoms with Gasteiger partial charge in [0.15, 0.2) is 0 Å². The summed E-state index contributed by atoms with van der Waals surface area (Å²) in [5, 5.41) is 9.12. The monoisotopic (exact) mass is 333 g/mol. The molecule has 1 N–H and O–H groups in total. The molecule has 0 amide bonds.